The van der Waals surface area contributed by atoms with E-state index in [0.29, 0.717) is 5.25 Å². The number of benzene rings is 1. The Morgan fingerprint density at radius 1 is 0.941 bits per heavy atom. The summed E-state index contributed by atoms with van der Waals surface area (Å²) in [7, 11) is 0. The second-order valence-electron chi connectivity index (χ2n) is 4.86. The Morgan fingerprint density at radius 2 is 1.65 bits per heavy atom. The first-order valence-electron chi connectivity index (χ1n) is 7.04. The lowest BCUT2D eigenvalue weighted by Crippen LogP contribution is -1.92. The van der Waals surface area contributed by atoms with E-state index in [1.807, 2.05) is 0 Å². The highest BCUT2D eigenvalue weighted by Crippen LogP contribution is 2.26. The van der Waals surface area contributed by atoms with Crippen molar-refractivity contribution in [2.24, 2.45) is 0 Å². The molecule has 0 saturated carbocycles. The zero-order chi connectivity index (χ0) is 12.5. The highest BCUT2D eigenvalue weighted by atomic mass is 32.1. The molecule has 1 rings (SSSR count). The molecule has 0 aliphatic rings. The van der Waals surface area contributed by atoms with Crippen molar-refractivity contribution in [3.8, 4) is 0 Å². The zero-order valence-corrected chi connectivity index (χ0v) is 12.2. The van der Waals surface area contributed by atoms with Crippen LogP contribution >= 0.6 is 12.6 Å². The van der Waals surface area contributed by atoms with Gasteiger partial charge in [-0.1, -0.05) is 70.2 Å². The fourth-order valence-corrected chi connectivity index (χ4v) is 2.48. The maximum absolute atomic E-state index is 4.71. The third-order valence-corrected chi connectivity index (χ3v) is 3.79. The van der Waals surface area contributed by atoms with E-state index in [0.717, 1.165) is 0 Å². The quantitative estimate of drug-likeness (QED) is 0.452. The SMILES string of the molecule is CCCCCCC(S)c1ccc(CCC)cc1. The molecule has 0 nitrogen and oxygen atoms in total. The van der Waals surface area contributed by atoms with Crippen LogP contribution in [-0.4, -0.2) is 0 Å². The van der Waals surface area contributed by atoms with Crippen LogP contribution in [0, 0.1) is 0 Å². The minimum atomic E-state index is 0.419. The number of thiol groups is 1. The number of aryl methyl sites for hydroxylation is 1. The third-order valence-electron chi connectivity index (χ3n) is 3.23. The van der Waals surface area contributed by atoms with Gasteiger partial charge >= 0.3 is 0 Å². The van der Waals surface area contributed by atoms with Gasteiger partial charge in [-0.05, 0) is 24.0 Å². The molecule has 1 atom stereocenters. The molecule has 0 radical (unpaired) electrons. The van der Waals surface area contributed by atoms with Crippen LogP contribution in [0.1, 0.15) is 68.7 Å². The maximum atomic E-state index is 4.71. The number of unbranched alkanes of at least 4 members (excludes halogenated alkanes) is 3. The molecule has 0 aliphatic heterocycles. The molecule has 17 heavy (non-hydrogen) atoms. The average Bonchev–Trinajstić information content (AvgIpc) is 2.36. The first kappa shape index (κ1) is 14.6. The first-order chi connectivity index (χ1) is 8.27. The van der Waals surface area contributed by atoms with Gasteiger partial charge in [0.05, 0.1) is 0 Å². The summed E-state index contributed by atoms with van der Waals surface area (Å²) in [5, 5.41) is 0.419. The summed E-state index contributed by atoms with van der Waals surface area (Å²) >= 11 is 4.71. The minimum absolute atomic E-state index is 0.419. The van der Waals surface area contributed by atoms with Gasteiger partial charge in [-0.2, -0.15) is 12.6 Å². The summed E-state index contributed by atoms with van der Waals surface area (Å²) in [6.07, 6.45) is 8.93. The van der Waals surface area contributed by atoms with Crippen molar-refractivity contribution in [2.75, 3.05) is 0 Å². The number of hydrogen-bond donors (Lipinski definition) is 1. The van der Waals surface area contributed by atoms with Crippen molar-refractivity contribution >= 4 is 12.6 Å². The van der Waals surface area contributed by atoms with Gasteiger partial charge in [0, 0.05) is 5.25 Å². The van der Waals surface area contributed by atoms with E-state index in [-0.39, 0.29) is 0 Å². The molecule has 0 aliphatic carbocycles. The van der Waals surface area contributed by atoms with Crippen molar-refractivity contribution in [3.05, 3.63) is 35.4 Å². The number of hydrogen-bond acceptors (Lipinski definition) is 1. The van der Waals surface area contributed by atoms with Crippen LogP contribution in [0.25, 0.3) is 0 Å². The summed E-state index contributed by atoms with van der Waals surface area (Å²) in [5.41, 5.74) is 2.83. The second-order valence-corrected chi connectivity index (χ2v) is 5.48. The Hall–Kier alpha value is -0.430. The lowest BCUT2D eigenvalue weighted by molar-refractivity contribution is 0.628. The van der Waals surface area contributed by atoms with Gasteiger partial charge in [-0.15, -0.1) is 0 Å². The summed E-state index contributed by atoms with van der Waals surface area (Å²) in [6, 6.07) is 9.02. The molecule has 1 unspecified atom stereocenters. The monoisotopic (exact) mass is 250 g/mol. The molecule has 0 N–H and O–H groups in total. The lowest BCUT2D eigenvalue weighted by Gasteiger charge is -2.11. The highest BCUT2D eigenvalue weighted by Gasteiger charge is 2.05. The maximum Gasteiger partial charge on any atom is 0.0267 e. The standard InChI is InChI=1S/C16H26S/c1-3-5-6-7-9-16(17)15-12-10-14(8-4-2)11-13-15/h10-13,16-17H,3-9H2,1-2H3. The van der Waals surface area contributed by atoms with Crippen LogP contribution in [0.5, 0.6) is 0 Å². The summed E-state index contributed by atoms with van der Waals surface area (Å²) < 4.78 is 0. The fraction of sp³-hybridized carbons (Fsp3) is 0.625. The van der Waals surface area contributed by atoms with E-state index >= 15 is 0 Å². The molecule has 0 spiro atoms. The van der Waals surface area contributed by atoms with Gasteiger partial charge in [-0.25, -0.2) is 0 Å². The van der Waals surface area contributed by atoms with Gasteiger partial charge in [0.25, 0.3) is 0 Å². The van der Waals surface area contributed by atoms with Crippen LogP contribution in [-0.2, 0) is 6.42 Å². The zero-order valence-electron chi connectivity index (χ0n) is 11.3. The van der Waals surface area contributed by atoms with Crippen LogP contribution in [0.4, 0.5) is 0 Å². The van der Waals surface area contributed by atoms with E-state index in [2.05, 4.69) is 38.1 Å². The minimum Gasteiger partial charge on any atom is -0.171 e. The van der Waals surface area contributed by atoms with Gasteiger partial charge in [0.1, 0.15) is 0 Å². The number of rotatable bonds is 8. The van der Waals surface area contributed by atoms with E-state index < -0.39 is 0 Å². The second kappa shape index (κ2) is 8.63. The average molecular weight is 250 g/mol. The van der Waals surface area contributed by atoms with Crippen molar-refractivity contribution in [3.63, 3.8) is 0 Å². The van der Waals surface area contributed by atoms with Gasteiger partial charge < -0.3 is 0 Å². The summed E-state index contributed by atoms with van der Waals surface area (Å²) in [6.45, 7) is 4.48. The van der Waals surface area contributed by atoms with Crippen molar-refractivity contribution < 1.29 is 0 Å². The lowest BCUT2D eigenvalue weighted by atomic mass is 10.0. The molecular weight excluding hydrogens is 224 g/mol. The van der Waals surface area contributed by atoms with Crippen LogP contribution in [0.15, 0.2) is 24.3 Å². The molecule has 0 bridgehead atoms. The Bertz CT molecular complexity index is 289. The van der Waals surface area contributed by atoms with Crippen molar-refractivity contribution in [2.45, 2.75) is 64.0 Å². The smallest absolute Gasteiger partial charge is 0.0267 e. The molecule has 1 heteroatoms. The van der Waals surface area contributed by atoms with Crippen LogP contribution in [0.3, 0.4) is 0 Å². The van der Waals surface area contributed by atoms with Crippen molar-refractivity contribution in [1.82, 2.24) is 0 Å². The van der Waals surface area contributed by atoms with E-state index in [9.17, 15) is 0 Å². The highest BCUT2D eigenvalue weighted by molar-refractivity contribution is 7.80. The fourth-order valence-electron chi connectivity index (χ4n) is 2.13. The topological polar surface area (TPSA) is 0 Å². The van der Waals surface area contributed by atoms with E-state index in [4.69, 9.17) is 12.6 Å². The van der Waals surface area contributed by atoms with Gasteiger partial charge in [0.15, 0.2) is 0 Å². The normalized spacial score (nSPS) is 12.6. The summed E-state index contributed by atoms with van der Waals surface area (Å²) in [5.74, 6) is 0. The molecule has 96 valence electrons. The molecule has 0 amide bonds. The Balaban J connectivity index is 2.37. The van der Waals surface area contributed by atoms with Gasteiger partial charge in [-0.3, -0.25) is 0 Å². The summed E-state index contributed by atoms with van der Waals surface area (Å²) in [4.78, 5) is 0. The molecule has 0 heterocycles. The Morgan fingerprint density at radius 3 is 2.24 bits per heavy atom. The van der Waals surface area contributed by atoms with Crippen LogP contribution < -0.4 is 0 Å². The molecule has 0 saturated heterocycles. The molecule has 1 aromatic carbocycles. The van der Waals surface area contributed by atoms with Gasteiger partial charge in [0.2, 0.25) is 0 Å². The molecule has 1 aromatic rings. The molecule has 0 aromatic heterocycles. The Kier molecular flexibility index (Phi) is 7.43. The third kappa shape index (κ3) is 5.63. The van der Waals surface area contributed by atoms with E-state index in [1.165, 1.54) is 56.1 Å². The predicted molar refractivity (Wildman–Crippen MR) is 80.9 cm³/mol. The predicted octanol–water partition coefficient (Wildman–Crippen LogP) is 5.58. The molecular formula is C16H26S. The van der Waals surface area contributed by atoms with Crippen molar-refractivity contribution in [1.29, 1.82) is 0 Å². The van der Waals surface area contributed by atoms with E-state index in [1.54, 1.807) is 0 Å². The largest absolute Gasteiger partial charge is 0.171 e. The Labute approximate surface area is 112 Å². The van der Waals surface area contributed by atoms with Crippen LogP contribution in [0.2, 0.25) is 0 Å². The first-order valence-corrected chi connectivity index (χ1v) is 7.56. The molecule has 0 fully saturated rings.